The number of alkyl halides is 2. The standard InChI is InChI=1S/C9H9F2N3S/c1-5-6(2-12)9(15-13-5)14-3-7(10)8(11)4-14/h7-8H,3-4H2,1H3/t7-,8+. The smallest absolute Gasteiger partial charge is 0.150 e. The summed E-state index contributed by atoms with van der Waals surface area (Å²) >= 11 is 1.12. The van der Waals surface area contributed by atoms with Crippen molar-refractivity contribution in [1.29, 1.82) is 5.26 Å². The summed E-state index contributed by atoms with van der Waals surface area (Å²) in [4.78, 5) is 1.55. The van der Waals surface area contributed by atoms with E-state index in [1.54, 1.807) is 11.8 Å². The topological polar surface area (TPSA) is 39.9 Å². The van der Waals surface area contributed by atoms with Gasteiger partial charge in [0.05, 0.1) is 18.8 Å². The number of anilines is 1. The summed E-state index contributed by atoms with van der Waals surface area (Å²) in [6.45, 7) is 1.74. The van der Waals surface area contributed by atoms with Crippen LogP contribution in [0.4, 0.5) is 13.8 Å². The number of aromatic nitrogens is 1. The van der Waals surface area contributed by atoms with Gasteiger partial charge in [-0.15, -0.1) is 0 Å². The lowest BCUT2D eigenvalue weighted by Crippen LogP contribution is -2.19. The van der Waals surface area contributed by atoms with Gasteiger partial charge in [-0.05, 0) is 18.5 Å². The Balaban J connectivity index is 2.28. The van der Waals surface area contributed by atoms with Gasteiger partial charge >= 0.3 is 0 Å². The van der Waals surface area contributed by atoms with Gasteiger partial charge in [0, 0.05) is 0 Å². The van der Waals surface area contributed by atoms with Crippen molar-refractivity contribution in [2.45, 2.75) is 19.3 Å². The Bertz CT molecular complexity index is 402. The Morgan fingerprint density at radius 2 is 2.07 bits per heavy atom. The molecule has 0 aliphatic carbocycles. The van der Waals surface area contributed by atoms with Gasteiger partial charge in [-0.1, -0.05) is 0 Å². The second kappa shape index (κ2) is 3.74. The molecule has 3 nitrogen and oxygen atoms in total. The van der Waals surface area contributed by atoms with Gasteiger partial charge < -0.3 is 4.90 Å². The Kier molecular flexibility index (Phi) is 2.57. The van der Waals surface area contributed by atoms with Crippen molar-refractivity contribution < 1.29 is 8.78 Å². The molecule has 6 heteroatoms. The number of aryl methyl sites for hydroxylation is 1. The molecule has 1 saturated heterocycles. The molecule has 15 heavy (non-hydrogen) atoms. The van der Waals surface area contributed by atoms with Crippen LogP contribution in [0.3, 0.4) is 0 Å². The monoisotopic (exact) mass is 229 g/mol. The fraction of sp³-hybridized carbons (Fsp3) is 0.556. The maximum absolute atomic E-state index is 13.0. The summed E-state index contributed by atoms with van der Waals surface area (Å²) in [7, 11) is 0. The SMILES string of the molecule is Cc1nsc(N2C[C@@H](F)[C@@H](F)C2)c1C#N. The van der Waals surface area contributed by atoms with Crippen LogP contribution in [0.1, 0.15) is 11.3 Å². The highest BCUT2D eigenvalue weighted by molar-refractivity contribution is 7.10. The summed E-state index contributed by atoms with van der Waals surface area (Å²) < 4.78 is 30.0. The second-order valence-corrected chi connectivity index (χ2v) is 4.25. The summed E-state index contributed by atoms with van der Waals surface area (Å²) in [5.74, 6) is 0. The first-order valence-corrected chi connectivity index (χ1v) is 5.30. The van der Waals surface area contributed by atoms with Gasteiger partial charge in [0.25, 0.3) is 0 Å². The van der Waals surface area contributed by atoms with Crippen LogP contribution in [-0.2, 0) is 0 Å². The molecule has 1 aliphatic rings. The third-order valence-electron chi connectivity index (χ3n) is 2.43. The fourth-order valence-electron chi connectivity index (χ4n) is 1.59. The molecule has 0 unspecified atom stereocenters. The summed E-state index contributed by atoms with van der Waals surface area (Å²) in [6, 6.07) is 2.01. The van der Waals surface area contributed by atoms with E-state index in [2.05, 4.69) is 4.37 Å². The minimum Gasteiger partial charge on any atom is -0.355 e. The van der Waals surface area contributed by atoms with E-state index < -0.39 is 12.3 Å². The molecule has 1 aromatic heterocycles. The first-order valence-electron chi connectivity index (χ1n) is 4.53. The fourth-order valence-corrected chi connectivity index (χ4v) is 2.46. The Morgan fingerprint density at radius 3 is 2.60 bits per heavy atom. The Labute approximate surface area is 90.1 Å². The number of halogens is 2. The van der Waals surface area contributed by atoms with Gasteiger partial charge in [0.2, 0.25) is 0 Å². The van der Waals surface area contributed by atoms with E-state index in [0.717, 1.165) is 11.5 Å². The van der Waals surface area contributed by atoms with Gasteiger partial charge in [-0.3, -0.25) is 0 Å². The molecule has 0 bridgehead atoms. The average Bonchev–Trinajstić information content (AvgIpc) is 2.71. The van der Waals surface area contributed by atoms with Crippen molar-refractivity contribution in [3.05, 3.63) is 11.3 Å². The van der Waals surface area contributed by atoms with E-state index in [9.17, 15) is 8.78 Å². The highest BCUT2D eigenvalue weighted by Crippen LogP contribution is 2.32. The average molecular weight is 229 g/mol. The molecule has 0 spiro atoms. The molecule has 2 rings (SSSR count). The maximum Gasteiger partial charge on any atom is 0.150 e. The highest BCUT2D eigenvalue weighted by Gasteiger charge is 2.35. The third-order valence-corrected chi connectivity index (χ3v) is 3.43. The zero-order valence-electron chi connectivity index (χ0n) is 8.07. The van der Waals surface area contributed by atoms with Crippen molar-refractivity contribution in [1.82, 2.24) is 4.37 Å². The van der Waals surface area contributed by atoms with E-state index >= 15 is 0 Å². The van der Waals surface area contributed by atoms with Crippen LogP contribution >= 0.6 is 11.5 Å². The molecule has 0 aromatic carbocycles. The lowest BCUT2D eigenvalue weighted by Gasteiger charge is -2.13. The van der Waals surface area contributed by atoms with E-state index in [1.165, 1.54) is 0 Å². The van der Waals surface area contributed by atoms with E-state index in [4.69, 9.17) is 5.26 Å². The highest BCUT2D eigenvalue weighted by atomic mass is 32.1. The zero-order chi connectivity index (χ0) is 11.0. The summed E-state index contributed by atoms with van der Waals surface area (Å²) in [6.07, 6.45) is -2.92. The third kappa shape index (κ3) is 1.67. The Morgan fingerprint density at radius 1 is 1.47 bits per heavy atom. The molecule has 2 atom stereocenters. The number of rotatable bonds is 1. The van der Waals surface area contributed by atoms with Crippen LogP contribution in [0, 0.1) is 18.3 Å². The normalized spacial score (nSPS) is 25.6. The number of nitrogens with zero attached hydrogens (tertiary/aromatic N) is 3. The number of hydrogen-bond donors (Lipinski definition) is 0. The van der Waals surface area contributed by atoms with E-state index in [1.807, 2.05) is 6.07 Å². The van der Waals surface area contributed by atoms with Crippen molar-refractivity contribution in [3.8, 4) is 6.07 Å². The molecule has 1 aliphatic heterocycles. The van der Waals surface area contributed by atoms with Gasteiger partial charge in [-0.2, -0.15) is 9.64 Å². The molecule has 1 aromatic rings. The Hall–Kier alpha value is -1.22. The lowest BCUT2D eigenvalue weighted by molar-refractivity contribution is 0.217. The molecule has 1 fully saturated rings. The van der Waals surface area contributed by atoms with Gasteiger partial charge in [0.15, 0.2) is 12.3 Å². The van der Waals surface area contributed by atoms with Crippen molar-refractivity contribution in [2.75, 3.05) is 18.0 Å². The van der Waals surface area contributed by atoms with Gasteiger partial charge in [-0.25, -0.2) is 8.78 Å². The second-order valence-electron chi connectivity index (χ2n) is 3.50. The van der Waals surface area contributed by atoms with E-state index in [-0.39, 0.29) is 13.1 Å². The molecule has 80 valence electrons. The number of nitriles is 1. The van der Waals surface area contributed by atoms with Crippen molar-refractivity contribution in [2.24, 2.45) is 0 Å². The van der Waals surface area contributed by atoms with Crippen LogP contribution in [-0.4, -0.2) is 29.8 Å². The molecular formula is C9H9F2N3S. The quantitative estimate of drug-likeness (QED) is 0.737. The molecular weight excluding hydrogens is 220 g/mol. The van der Waals surface area contributed by atoms with Crippen LogP contribution in [0.15, 0.2) is 0 Å². The van der Waals surface area contributed by atoms with Crippen LogP contribution < -0.4 is 4.90 Å². The first-order chi connectivity index (χ1) is 7.13. The van der Waals surface area contributed by atoms with E-state index in [0.29, 0.717) is 16.3 Å². The number of hydrogen-bond acceptors (Lipinski definition) is 4. The molecule has 0 N–H and O–H groups in total. The zero-order valence-corrected chi connectivity index (χ0v) is 8.89. The first kappa shape index (κ1) is 10.3. The lowest BCUT2D eigenvalue weighted by atomic mass is 10.3. The summed E-state index contributed by atoms with van der Waals surface area (Å²) in [5, 5.41) is 9.46. The van der Waals surface area contributed by atoms with Gasteiger partial charge in [0.1, 0.15) is 16.6 Å². The minimum absolute atomic E-state index is 0.0114. The predicted molar refractivity (Wildman–Crippen MR) is 53.6 cm³/mol. The largest absolute Gasteiger partial charge is 0.355 e. The molecule has 0 saturated carbocycles. The van der Waals surface area contributed by atoms with Crippen LogP contribution in [0.5, 0.6) is 0 Å². The van der Waals surface area contributed by atoms with Crippen LogP contribution in [0.2, 0.25) is 0 Å². The predicted octanol–water partition coefficient (Wildman–Crippen LogP) is 1.82. The molecule has 0 amide bonds. The molecule has 2 heterocycles. The van der Waals surface area contributed by atoms with Crippen LogP contribution in [0.25, 0.3) is 0 Å². The van der Waals surface area contributed by atoms with Crippen molar-refractivity contribution >= 4 is 16.5 Å². The maximum atomic E-state index is 13.0. The summed E-state index contributed by atoms with van der Waals surface area (Å²) in [5.41, 5.74) is 1.05. The minimum atomic E-state index is -1.46. The molecule has 0 radical (unpaired) electrons. The van der Waals surface area contributed by atoms with Crippen molar-refractivity contribution in [3.63, 3.8) is 0 Å².